The van der Waals surface area contributed by atoms with Gasteiger partial charge in [0.1, 0.15) is 11.8 Å². The molecule has 0 spiro atoms. The van der Waals surface area contributed by atoms with Gasteiger partial charge in [0.2, 0.25) is 0 Å². The Kier molecular flexibility index (Phi) is 3.09. The van der Waals surface area contributed by atoms with Crippen molar-refractivity contribution in [1.82, 2.24) is 0 Å². The van der Waals surface area contributed by atoms with Crippen LogP contribution in [0.3, 0.4) is 0 Å². The lowest BCUT2D eigenvalue weighted by Gasteiger charge is -2.06. The van der Waals surface area contributed by atoms with E-state index in [1.807, 2.05) is 13.0 Å². The average Bonchev–Trinajstić information content (AvgIpc) is 2.22. The summed E-state index contributed by atoms with van der Waals surface area (Å²) in [6, 6.07) is 8.72. The Labute approximate surface area is 82.8 Å². The molecule has 0 aliphatic heterocycles. The third kappa shape index (κ3) is 1.84. The van der Waals surface area contributed by atoms with Crippen molar-refractivity contribution >= 4 is 0 Å². The van der Waals surface area contributed by atoms with Gasteiger partial charge in [0.15, 0.2) is 0 Å². The smallest absolute Gasteiger partial charge is 0.133 e. The Morgan fingerprint density at radius 1 is 1.43 bits per heavy atom. The SMILES string of the molecule is CCC(C#N)c1ccc(O)c(C#N)c1. The Hall–Kier alpha value is -2.00. The average molecular weight is 186 g/mol. The topological polar surface area (TPSA) is 67.8 Å². The van der Waals surface area contributed by atoms with Crippen molar-refractivity contribution < 1.29 is 5.11 Å². The highest BCUT2D eigenvalue weighted by atomic mass is 16.3. The van der Waals surface area contributed by atoms with Crippen LogP contribution in [-0.4, -0.2) is 5.11 Å². The fourth-order valence-corrected chi connectivity index (χ4v) is 1.26. The fourth-order valence-electron chi connectivity index (χ4n) is 1.26. The van der Waals surface area contributed by atoms with Crippen molar-refractivity contribution in [2.24, 2.45) is 0 Å². The second-order valence-corrected chi connectivity index (χ2v) is 2.98. The van der Waals surface area contributed by atoms with Crippen molar-refractivity contribution in [2.75, 3.05) is 0 Å². The van der Waals surface area contributed by atoms with Gasteiger partial charge in [0, 0.05) is 0 Å². The van der Waals surface area contributed by atoms with Gasteiger partial charge in [-0.1, -0.05) is 13.0 Å². The molecule has 0 bridgehead atoms. The summed E-state index contributed by atoms with van der Waals surface area (Å²) < 4.78 is 0. The molecule has 0 fully saturated rings. The lowest BCUT2D eigenvalue weighted by molar-refractivity contribution is 0.473. The number of phenolic OH excluding ortho intramolecular Hbond substituents is 1. The summed E-state index contributed by atoms with van der Waals surface area (Å²) in [7, 11) is 0. The van der Waals surface area contributed by atoms with Crippen LogP contribution in [0, 0.1) is 22.7 Å². The Balaban J connectivity index is 3.14. The van der Waals surface area contributed by atoms with Crippen LogP contribution in [0.25, 0.3) is 0 Å². The normalized spacial score (nSPS) is 11.4. The molecule has 0 aliphatic carbocycles. The molecular formula is C11H10N2O. The summed E-state index contributed by atoms with van der Waals surface area (Å²) in [5.41, 5.74) is 1.00. The highest BCUT2D eigenvalue weighted by molar-refractivity contribution is 5.46. The first-order chi connectivity index (χ1) is 6.72. The molecule has 1 rings (SSSR count). The van der Waals surface area contributed by atoms with Crippen LogP contribution in [-0.2, 0) is 0 Å². The highest BCUT2D eigenvalue weighted by Gasteiger charge is 2.10. The third-order valence-corrected chi connectivity index (χ3v) is 2.11. The van der Waals surface area contributed by atoms with E-state index in [2.05, 4.69) is 6.07 Å². The highest BCUT2D eigenvalue weighted by Crippen LogP contribution is 2.24. The molecule has 0 saturated heterocycles. The molecule has 0 aliphatic rings. The van der Waals surface area contributed by atoms with Gasteiger partial charge in [-0.05, 0) is 24.1 Å². The van der Waals surface area contributed by atoms with Crippen LogP contribution in [0.4, 0.5) is 0 Å². The minimum Gasteiger partial charge on any atom is -0.507 e. The molecule has 14 heavy (non-hydrogen) atoms. The Morgan fingerprint density at radius 2 is 2.14 bits per heavy atom. The first-order valence-corrected chi connectivity index (χ1v) is 4.35. The largest absolute Gasteiger partial charge is 0.507 e. The lowest BCUT2D eigenvalue weighted by atomic mass is 9.96. The molecule has 0 heterocycles. The molecule has 1 aromatic rings. The number of benzene rings is 1. The summed E-state index contributed by atoms with van der Waals surface area (Å²) in [5, 5.41) is 26.8. The van der Waals surface area contributed by atoms with E-state index in [4.69, 9.17) is 10.5 Å². The predicted molar refractivity (Wildman–Crippen MR) is 51.5 cm³/mol. The standard InChI is InChI=1S/C11H10N2O/c1-2-8(6-12)9-3-4-11(14)10(5-9)7-13/h3-5,8,14H,2H2,1H3. The molecule has 1 unspecified atom stereocenters. The number of aromatic hydroxyl groups is 1. The maximum absolute atomic E-state index is 9.26. The van der Waals surface area contributed by atoms with Gasteiger partial charge in [0.05, 0.1) is 17.6 Å². The molecule has 0 amide bonds. The Bertz CT molecular complexity index is 412. The van der Waals surface area contributed by atoms with E-state index in [1.165, 1.54) is 6.07 Å². The summed E-state index contributed by atoms with van der Waals surface area (Å²) in [4.78, 5) is 0. The zero-order valence-corrected chi connectivity index (χ0v) is 7.86. The maximum atomic E-state index is 9.26. The van der Waals surface area contributed by atoms with Crippen LogP contribution in [0.1, 0.15) is 30.4 Å². The molecule has 3 nitrogen and oxygen atoms in total. The number of nitrogens with zero attached hydrogens (tertiary/aromatic N) is 2. The van der Waals surface area contributed by atoms with Crippen molar-refractivity contribution in [3.05, 3.63) is 29.3 Å². The van der Waals surface area contributed by atoms with E-state index in [0.29, 0.717) is 6.42 Å². The summed E-state index contributed by atoms with van der Waals surface area (Å²) in [6.45, 7) is 1.91. The number of phenols is 1. The van der Waals surface area contributed by atoms with Crippen LogP contribution >= 0.6 is 0 Å². The summed E-state index contributed by atoms with van der Waals surface area (Å²) in [5.74, 6) is -0.244. The molecule has 1 aromatic carbocycles. The maximum Gasteiger partial charge on any atom is 0.133 e. The lowest BCUT2D eigenvalue weighted by Crippen LogP contribution is -1.94. The van der Waals surface area contributed by atoms with Crippen LogP contribution in [0.15, 0.2) is 18.2 Å². The molecule has 3 heteroatoms. The van der Waals surface area contributed by atoms with Crippen LogP contribution in [0.5, 0.6) is 5.75 Å². The molecule has 0 saturated carbocycles. The van der Waals surface area contributed by atoms with Crippen LogP contribution in [0.2, 0.25) is 0 Å². The van der Waals surface area contributed by atoms with E-state index in [0.717, 1.165) is 5.56 Å². The van der Waals surface area contributed by atoms with E-state index >= 15 is 0 Å². The second-order valence-electron chi connectivity index (χ2n) is 2.98. The van der Waals surface area contributed by atoms with Gasteiger partial charge < -0.3 is 5.11 Å². The van der Waals surface area contributed by atoms with E-state index in [-0.39, 0.29) is 17.2 Å². The molecule has 0 aromatic heterocycles. The zero-order chi connectivity index (χ0) is 10.6. The van der Waals surface area contributed by atoms with Crippen molar-refractivity contribution in [3.63, 3.8) is 0 Å². The Morgan fingerprint density at radius 3 is 2.64 bits per heavy atom. The fraction of sp³-hybridized carbons (Fsp3) is 0.273. The molecule has 0 radical (unpaired) electrons. The molecule has 1 atom stereocenters. The first kappa shape index (κ1) is 10.1. The van der Waals surface area contributed by atoms with Gasteiger partial charge in [-0.25, -0.2) is 0 Å². The molecule has 70 valence electrons. The van der Waals surface area contributed by atoms with E-state index in [1.54, 1.807) is 12.1 Å². The van der Waals surface area contributed by atoms with E-state index < -0.39 is 0 Å². The minimum absolute atomic E-state index is 0.0379. The van der Waals surface area contributed by atoms with Crippen molar-refractivity contribution in [2.45, 2.75) is 19.3 Å². The third-order valence-electron chi connectivity index (χ3n) is 2.11. The monoisotopic (exact) mass is 186 g/mol. The van der Waals surface area contributed by atoms with Crippen LogP contribution < -0.4 is 0 Å². The minimum atomic E-state index is -0.206. The number of rotatable bonds is 2. The molecular weight excluding hydrogens is 176 g/mol. The summed E-state index contributed by atoms with van der Waals surface area (Å²) in [6.07, 6.45) is 0.701. The number of nitriles is 2. The van der Waals surface area contributed by atoms with Gasteiger partial charge in [-0.15, -0.1) is 0 Å². The predicted octanol–water partition coefficient (Wildman–Crippen LogP) is 2.28. The number of hydrogen-bond acceptors (Lipinski definition) is 3. The van der Waals surface area contributed by atoms with Gasteiger partial charge in [-0.2, -0.15) is 10.5 Å². The van der Waals surface area contributed by atoms with E-state index in [9.17, 15) is 5.11 Å². The quantitative estimate of drug-likeness (QED) is 0.770. The zero-order valence-electron chi connectivity index (χ0n) is 7.86. The van der Waals surface area contributed by atoms with Gasteiger partial charge >= 0.3 is 0 Å². The number of hydrogen-bond donors (Lipinski definition) is 1. The molecule has 1 N–H and O–H groups in total. The second kappa shape index (κ2) is 4.30. The van der Waals surface area contributed by atoms with Gasteiger partial charge in [0.25, 0.3) is 0 Å². The van der Waals surface area contributed by atoms with Crippen molar-refractivity contribution in [1.29, 1.82) is 10.5 Å². The van der Waals surface area contributed by atoms with Crippen molar-refractivity contribution in [3.8, 4) is 17.9 Å². The first-order valence-electron chi connectivity index (χ1n) is 4.35. The summed E-state index contributed by atoms with van der Waals surface area (Å²) >= 11 is 0. The van der Waals surface area contributed by atoms with Gasteiger partial charge in [-0.3, -0.25) is 0 Å².